The molecule has 0 spiro atoms. The second-order valence-corrected chi connectivity index (χ2v) is 16.0. The van der Waals surface area contributed by atoms with Gasteiger partial charge in [-0.1, -0.05) is 45.7 Å². The molecule has 4 fully saturated rings. The van der Waals surface area contributed by atoms with Crippen molar-refractivity contribution in [3.8, 4) is 0 Å². The Hall–Kier alpha value is -1.56. The van der Waals surface area contributed by atoms with E-state index in [1.165, 1.54) is 64.2 Å². The van der Waals surface area contributed by atoms with E-state index in [9.17, 15) is 13.2 Å². The molecule has 0 saturated heterocycles. The van der Waals surface area contributed by atoms with Gasteiger partial charge in [-0.25, -0.2) is 17.5 Å². The summed E-state index contributed by atoms with van der Waals surface area (Å²) in [5.74, 6) is 4.35. The zero-order chi connectivity index (χ0) is 27.5. The first-order chi connectivity index (χ1) is 17.9. The molecule has 38 heavy (non-hydrogen) atoms. The summed E-state index contributed by atoms with van der Waals surface area (Å²) in [5.41, 5.74) is 7.41. The quantitative estimate of drug-likeness (QED) is 0.403. The fraction of sp³-hybridized carbons (Fsp3) is 0.781. The van der Waals surface area contributed by atoms with Gasteiger partial charge in [-0.2, -0.15) is 0 Å². The maximum atomic E-state index is 13.5. The molecule has 2 N–H and O–H groups in total. The van der Waals surface area contributed by atoms with Crippen LogP contribution in [0, 0.1) is 53.3 Å². The van der Waals surface area contributed by atoms with Crippen LogP contribution < -0.4 is 5.73 Å². The number of nitrogens with zero attached hydrogens (tertiary/aromatic N) is 1. The fourth-order valence-electron chi connectivity index (χ4n) is 10.5. The summed E-state index contributed by atoms with van der Waals surface area (Å²) in [6.45, 7) is 11.2. The van der Waals surface area contributed by atoms with Crippen LogP contribution in [0.1, 0.15) is 104 Å². The molecule has 9 atom stereocenters. The zero-order valence-corrected chi connectivity index (χ0v) is 25.1. The first-order valence-electron chi connectivity index (χ1n) is 15.3. The van der Waals surface area contributed by atoms with E-state index >= 15 is 0 Å². The average molecular weight is 543 g/mol. The Bertz CT molecular complexity index is 1150. The minimum Gasteiger partial charge on any atom is -0.351 e. The third kappa shape index (κ3) is 4.51. The maximum absolute atomic E-state index is 13.5. The Balaban J connectivity index is 1.32. The van der Waals surface area contributed by atoms with Crippen molar-refractivity contribution in [1.82, 2.24) is 4.31 Å². The summed E-state index contributed by atoms with van der Waals surface area (Å²) in [5, 5.41) is 0. The highest BCUT2D eigenvalue weighted by molar-refractivity contribution is 7.89. The number of hydrogen-bond acceptors (Lipinski definition) is 3. The van der Waals surface area contributed by atoms with E-state index in [1.54, 1.807) is 18.2 Å². The van der Waals surface area contributed by atoms with E-state index in [4.69, 9.17) is 5.73 Å². The van der Waals surface area contributed by atoms with Crippen LogP contribution in [0.3, 0.4) is 0 Å². The number of nitrogens with two attached hydrogens (primary N) is 1. The summed E-state index contributed by atoms with van der Waals surface area (Å²) in [4.78, 5) is 12.6. The van der Waals surface area contributed by atoms with Crippen LogP contribution in [0.15, 0.2) is 29.2 Å². The standard InChI is InChI=1S/C32H50N2O3S/c1-21-9-8-11-25(19-21)38(36,37)34(30(33)35)23(3)20-22(2)27-14-15-28-26-13-12-24-10-6-7-17-31(24,4)29(26)16-18-32(27,28)5/h8-9,11,19,22-24,26-29H,6-7,10,12-18,20H2,1-5H3,(H2,33,35)/t22-,23?,24?,26+,27-,28+,29+,31+,32-/m1/s1. The number of carbonyl (C=O) groups excluding carboxylic acids is 1. The number of rotatable bonds is 6. The van der Waals surface area contributed by atoms with Crippen LogP contribution in [0.5, 0.6) is 0 Å². The average Bonchev–Trinajstić information content (AvgIpc) is 3.20. The van der Waals surface area contributed by atoms with Crippen LogP contribution in [0.2, 0.25) is 0 Å². The van der Waals surface area contributed by atoms with E-state index in [-0.39, 0.29) is 4.90 Å². The molecule has 4 aliphatic rings. The van der Waals surface area contributed by atoms with Gasteiger partial charge >= 0.3 is 6.03 Å². The number of aryl methyl sites for hydroxylation is 1. The first kappa shape index (κ1) is 28.0. The number of carbonyl (C=O) groups is 1. The molecule has 1 aromatic rings. The van der Waals surface area contributed by atoms with E-state index in [0.29, 0.717) is 29.1 Å². The van der Waals surface area contributed by atoms with Crippen LogP contribution in [-0.4, -0.2) is 24.8 Å². The zero-order valence-electron chi connectivity index (χ0n) is 24.3. The van der Waals surface area contributed by atoms with E-state index < -0.39 is 22.1 Å². The van der Waals surface area contributed by atoms with Crippen molar-refractivity contribution in [1.29, 1.82) is 0 Å². The molecule has 0 bridgehead atoms. The number of urea groups is 1. The van der Waals surface area contributed by atoms with Gasteiger partial charge < -0.3 is 5.73 Å². The molecule has 6 heteroatoms. The predicted octanol–water partition coefficient (Wildman–Crippen LogP) is 7.53. The first-order valence-corrected chi connectivity index (χ1v) is 16.7. The van der Waals surface area contributed by atoms with E-state index in [1.807, 2.05) is 19.9 Å². The van der Waals surface area contributed by atoms with Crippen LogP contribution in [0.25, 0.3) is 0 Å². The van der Waals surface area contributed by atoms with Gasteiger partial charge in [0.15, 0.2) is 0 Å². The largest absolute Gasteiger partial charge is 0.351 e. The van der Waals surface area contributed by atoms with Crippen LogP contribution in [0.4, 0.5) is 4.79 Å². The van der Waals surface area contributed by atoms with Crippen molar-refractivity contribution in [2.24, 2.45) is 52.1 Å². The molecule has 5 nitrogen and oxygen atoms in total. The van der Waals surface area contributed by atoms with Gasteiger partial charge in [0.05, 0.1) is 4.90 Å². The van der Waals surface area contributed by atoms with Crippen molar-refractivity contribution < 1.29 is 13.2 Å². The highest BCUT2D eigenvalue weighted by Gasteiger charge is 2.60. The smallest absolute Gasteiger partial charge is 0.328 e. The Kier molecular flexibility index (Phi) is 7.46. The number of primary amides is 1. The molecule has 4 aliphatic carbocycles. The van der Waals surface area contributed by atoms with Gasteiger partial charge in [0.1, 0.15) is 0 Å². The number of hydrogen-bond donors (Lipinski definition) is 1. The fourth-order valence-corrected chi connectivity index (χ4v) is 12.1. The Morgan fingerprint density at radius 1 is 1.00 bits per heavy atom. The molecule has 0 aromatic heterocycles. The third-order valence-corrected chi connectivity index (χ3v) is 14.1. The topological polar surface area (TPSA) is 80.5 Å². The molecule has 212 valence electrons. The second kappa shape index (κ2) is 10.1. The van der Waals surface area contributed by atoms with Crippen molar-refractivity contribution in [2.45, 2.75) is 116 Å². The van der Waals surface area contributed by atoms with Gasteiger partial charge in [-0.15, -0.1) is 0 Å². The second-order valence-electron chi connectivity index (χ2n) is 14.1. The van der Waals surface area contributed by atoms with Gasteiger partial charge in [0.2, 0.25) is 0 Å². The summed E-state index contributed by atoms with van der Waals surface area (Å²) in [6, 6.07) is 5.36. The highest BCUT2D eigenvalue weighted by Crippen LogP contribution is 2.68. The van der Waals surface area contributed by atoms with Gasteiger partial charge in [0, 0.05) is 6.04 Å². The molecule has 0 heterocycles. The summed E-state index contributed by atoms with van der Waals surface area (Å²) >= 11 is 0. The highest BCUT2D eigenvalue weighted by atomic mass is 32.2. The Morgan fingerprint density at radius 3 is 2.45 bits per heavy atom. The summed E-state index contributed by atoms with van der Waals surface area (Å²) in [7, 11) is -4.01. The molecule has 2 unspecified atom stereocenters. The molecule has 1 aromatic carbocycles. The van der Waals surface area contributed by atoms with Crippen LogP contribution >= 0.6 is 0 Å². The molecule has 2 amide bonds. The van der Waals surface area contributed by atoms with E-state index in [0.717, 1.165) is 33.5 Å². The normalized spacial score (nSPS) is 38.4. The van der Waals surface area contributed by atoms with E-state index in [2.05, 4.69) is 20.8 Å². The maximum Gasteiger partial charge on any atom is 0.328 e. The van der Waals surface area contributed by atoms with Gasteiger partial charge in [-0.05, 0) is 136 Å². The monoisotopic (exact) mass is 542 g/mol. The Labute approximate surface area is 231 Å². The van der Waals surface area contributed by atoms with Crippen molar-refractivity contribution in [2.75, 3.05) is 0 Å². The van der Waals surface area contributed by atoms with Gasteiger partial charge in [0.25, 0.3) is 10.0 Å². The van der Waals surface area contributed by atoms with Gasteiger partial charge in [-0.3, -0.25) is 0 Å². The molecular weight excluding hydrogens is 492 g/mol. The lowest BCUT2D eigenvalue weighted by Crippen LogP contribution is -2.53. The lowest BCUT2D eigenvalue weighted by Gasteiger charge is -2.61. The number of amides is 2. The lowest BCUT2D eigenvalue weighted by molar-refractivity contribution is -0.114. The number of sulfonamides is 1. The van der Waals surface area contributed by atoms with Crippen LogP contribution in [-0.2, 0) is 10.0 Å². The van der Waals surface area contributed by atoms with Crippen molar-refractivity contribution in [3.63, 3.8) is 0 Å². The Morgan fingerprint density at radius 2 is 1.74 bits per heavy atom. The number of benzene rings is 1. The molecule has 0 aliphatic heterocycles. The van der Waals surface area contributed by atoms with Crippen molar-refractivity contribution >= 4 is 16.1 Å². The lowest BCUT2D eigenvalue weighted by atomic mass is 9.44. The minimum absolute atomic E-state index is 0.133. The molecule has 4 saturated carbocycles. The SMILES string of the molecule is Cc1cccc(S(=O)(=O)N(C(N)=O)C(C)C[C@@H](C)[C@H]2CC[C@H]3[C@@H]4CCC5CCCC[C@]5(C)[C@H]4CC[C@]23C)c1. The summed E-state index contributed by atoms with van der Waals surface area (Å²) in [6.07, 6.45) is 14.4. The molecular formula is C32H50N2O3S. The summed E-state index contributed by atoms with van der Waals surface area (Å²) < 4.78 is 27.9. The molecule has 5 rings (SSSR count). The predicted molar refractivity (Wildman–Crippen MR) is 153 cm³/mol. The minimum atomic E-state index is -4.01. The number of fused-ring (bicyclic) bond motifs is 5. The third-order valence-electron chi connectivity index (χ3n) is 12.2. The molecule has 0 radical (unpaired) electrons. The van der Waals surface area contributed by atoms with Crippen molar-refractivity contribution in [3.05, 3.63) is 29.8 Å².